The monoisotopic (exact) mass is 412 g/mol. The van der Waals surface area contributed by atoms with Gasteiger partial charge in [-0.1, -0.05) is 96.5 Å². The summed E-state index contributed by atoms with van der Waals surface area (Å²) in [7, 11) is 2.99. The third-order valence-corrected chi connectivity index (χ3v) is 5.70. The Hall–Kier alpha value is -0.910. The van der Waals surface area contributed by atoms with Gasteiger partial charge < -0.3 is 9.47 Å². The van der Waals surface area contributed by atoms with E-state index in [1.54, 1.807) is 7.11 Å². The molecular weight excluding hydrogens is 368 g/mol. The Balaban J connectivity index is 1.99. The van der Waals surface area contributed by atoms with Crippen molar-refractivity contribution in [3.05, 3.63) is 12.2 Å². The first-order valence-electron chi connectivity index (χ1n) is 11.8. The van der Waals surface area contributed by atoms with Crippen molar-refractivity contribution in [2.75, 3.05) is 14.2 Å². The van der Waals surface area contributed by atoms with E-state index >= 15 is 0 Å². The van der Waals surface area contributed by atoms with Gasteiger partial charge in [-0.15, -0.1) is 0 Å². The summed E-state index contributed by atoms with van der Waals surface area (Å²) in [5.74, 6) is -1.15. The van der Waals surface area contributed by atoms with E-state index in [4.69, 9.17) is 14.5 Å². The highest BCUT2D eigenvalue weighted by atomic mass is 17.2. The van der Waals surface area contributed by atoms with Crippen LogP contribution in [0.4, 0.5) is 0 Å². The van der Waals surface area contributed by atoms with Gasteiger partial charge in [0.2, 0.25) is 5.79 Å². The lowest BCUT2D eigenvalue weighted by Crippen LogP contribution is -2.38. The first kappa shape index (κ1) is 26.1. The zero-order chi connectivity index (χ0) is 21.2. The van der Waals surface area contributed by atoms with Crippen molar-refractivity contribution < 1.29 is 24.0 Å². The molecule has 0 aromatic rings. The van der Waals surface area contributed by atoms with Gasteiger partial charge in [0.15, 0.2) is 0 Å². The van der Waals surface area contributed by atoms with Gasteiger partial charge in [-0.2, -0.15) is 4.89 Å². The summed E-state index contributed by atoms with van der Waals surface area (Å²) in [5.41, 5.74) is 0. The molecule has 1 aliphatic rings. The minimum Gasteiger partial charge on any atom is -0.469 e. The van der Waals surface area contributed by atoms with Gasteiger partial charge in [-0.05, 0) is 12.5 Å². The summed E-state index contributed by atoms with van der Waals surface area (Å²) >= 11 is 0. The summed E-state index contributed by atoms with van der Waals surface area (Å²) in [6.45, 7) is 2.27. The maximum Gasteiger partial charge on any atom is 0.308 e. The van der Waals surface area contributed by atoms with Gasteiger partial charge in [0.05, 0.1) is 13.5 Å². The van der Waals surface area contributed by atoms with Crippen molar-refractivity contribution >= 4 is 5.97 Å². The molecule has 1 rings (SSSR count). The minimum absolute atomic E-state index is 0.144. The molecule has 1 heterocycles. The number of unbranched alkanes of at least 4 members (excludes halogenated alkanes) is 13. The van der Waals surface area contributed by atoms with Crippen LogP contribution in [0, 0.1) is 0 Å². The van der Waals surface area contributed by atoms with Crippen LogP contribution in [0.3, 0.4) is 0 Å². The Morgan fingerprint density at radius 3 is 1.79 bits per heavy atom. The Kier molecular flexibility index (Phi) is 15.2. The van der Waals surface area contributed by atoms with Crippen molar-refractivity contribution in [3.63, 3.8) is 0 Å². The predicted molar refractivity (Wildman–Crippen MR) is 116 cm³/mol. The van der Waals surface area contributed by atoms with Crippen molar-refractivity contribution in [2.45, 2.75) is 122 Å². The van der Waals surface area contributed by atoms with E-state index in [1.807, 2.05) is 12.2 Å². The molecule has 0 saturated heterocycles. The minimum atomic E-state index is -0.830. The van der Waals surface area contributed by atoms with Crippen molar-refractivity contribution in [1.82, 2.24) is 0 Å². The number of hydrogen-bond donors (Lipinski definition) is 0. The van der Waals surface area contributed by atoms with E-state index < -0.39 is 11.9 Å². The smallest absolute Gasteiger partial charge is 0.308 e. The molecule has 0 aliphatic carbocycles. The summed E-state index contributed by atoms with van der Waals surface area (Å²) in [6.07, 6.45) is 22.9. The Labute approximate surface area is 178 Å². The number of ether oxygens (including phenoxy) is 2. The van der Waals surface area contributed by atoms with E-state index in [-0.39, 0.29) is 12.4 Å². The quantitative estimate of drug-likeness (QED) is 0.109. The Morgan fingerprint density at radius 2 is 1.38 bits per heavy atom. The molecule has 0 N–H and O–H groups in total. The molecule has 0 aromatic heterocycles. The highest BCUT2D eigenvalue weighted by Gasteiger charge is 2.34. The number of esters is 1. The molecule has 0 unspecified atom stereocenters. The Morgan fingerprint density at radius 1 is 0.862 bits per heavy atom. The predicted octanol–water partition coefficient (Wildman–Crippen LogP) is 6.65. The number of carbonyl (C=O) groups is 1. The fourth-order valence-electron chi connectivity index (χ4n) is 3.70. The standard InChI is InChI=1S/C24H44O5/c1-4-5-6-7-8-9-10-11-12-13-14-15-16-17-19-24(27-3)20-18-22(28-29-24)21-23(25)26-2/h18,20,22H,4-17,19,21H2,1-3H3/t22-,24-/m1/s1. The van der Waals surface area contributed by atoms with E-state index in [0.717, 1.165) is 12.8 Å². The summed E-state index contributed by atoms with van der Waals surface area (Å²) in [5, 5.41) is 0. The van der Waals surface area contributed by atoms with Gasteiger partial charge in [0, 0.05) is 13.5 Å². The molecule has 0 saturated carbocycles. The second kappa shape index (κ2) is 16.8. The van der Waals surface area contributed by atoms with Crippen LogP contribution in [0.25, 0.3) is 0 Å². The van der Waals surface area contributed by atoms with Crippen LogP contribution in [0.2, 0.25) is 0 Å². The SMILES string of the molecule is CCCCCCCCCCCCCCCC[C@]1(OC)C=C[C@H](CC(=O)OC)OO1. The fraction of sp³-hybridized carbons (Fsp3) is 0.875. The average molecular weight is 413 g/mol. The van der Waals surface area contributed by atoms with Crippen LogP contribution < -0.4 is 0 Å². The molecule has 0 aromatic carbocycles. The summed E-state index contributed by atoms with van der Waals surface area (Å²) < 4.78 is 10.2. The second-order valence-electron chi connectivity index (χ2n) is 8.22. The lowest BCUT2D eigenvalue weighted by molar-refractivity contribution is -0.428. The number of carbonyl (C=O) groups excluding carboxylic acids is 1. The fourth-order valence-corrected chi connectivity index (χ4v) is 3.70. The van der Waals surface area contributed by atoms with Crippen LogP contribution in [-0.2, 0) is 24.0 Å². The topological polar surface area (TPSA) is 54.0 Å². The molecule has 2 atom stereocenters. The number of rotatable bonds is 18. The van der Waals surface area contributed by atoms with Gasteiger partial charge in [-0.3, -0.25) is 4.79 Å². The normalized spacial score (nSPS) is 21.4. The van der Waals surface area contributed by atoms with Crippen LogP contribution in [-0.4, -0.2) is 32.1 Å². The zero-order valence-corrected chi connectivity index (χ0v) is 19.1. The van der Waals surface area contributed by atoms with Crippen LogP contribution in [0.15, 0.2) is 12.2 Å². The molecule has 0 radical (unpaired) electrons. The molecule has 5 heteroatoms. The molecule has 5 nitrogen and oxygen atoms in total. The maximum absolute atomic E-state index is 11.3. The molecule has 170 valence electrons. The van der Waals surface area contributed by atoms with E-state index in [1.165, 1.54) is 90.6 Å². The third kappa shape index (κ3) is 12.4. The highest BCUT2D eigenvalue weighted by Crippen LogP contribution is 2.28. The van der Waals surface area contributed by atoms with Crippen LogP contribution in [0.1, 0.15) is 110 Å². The van der Waals surface area contributed by atoms with Crippen molar-refractivity contribution in [3.8, 4) is 0 Å². The lowest BCUT2D eigenvalue weighted by atomic mass is 10.0. The molecule has 0 spiro atoms. The first-order chi connectivity index (χ1) is 14.2. The molecule has 1 aliphatic heterocycles. The van der Waals surface area contributed by atoms with E-state index in [9.17, 15) is 4.79 Å². The number of hydrogen-bond acceptors (Lipinski definition) is 5. The van der Waals surface area contributed by atoms with Crippen molar-refractivity contribution in [1.29, 1.82) is 0 Å². The van der Waals surface area contributed by atoms with Crippen LogP contribution >= 0.6 is 0 Å². The summed E-state index contributed by atoms with van der Waals surface area (Å²) in [4.78, 5) is 22.1. The van der Waals surface area contributed by atoms with Gasteiger partial charge in [0.1, 0.15) is 6.10 Å². The average Bonchev–Trinajstić information content (AvgIpc) is 2.75. The van der Waals surface area contributed by atoms with Gasteiger partial charge in [-0.25, -0.2) is 4.89 Å². The van der Waals surface area contributed by atoms with Crippen molar-refractivity contribution in [2.24, 2.45) is 0 Å². The van der Waals surface area contributed by atoms with Gasteiger partial charge in [0.25, 0.3) is 0 Å². The van der Waals surface area contributed by atoms with E-state index in [2.05, 4.69) is 11.7 Å². The van der Waals surface area contributed by atoms with Crippen LogP contribution in [0.5, 0.6) is 0 Å². The molecule has 29 heavy (non-hydrogen) atoms. The largest absolute Gasteiger partial charge is 0.469 e. The Bertz CT molecular complexity index is 437. The molecule has 0 bridgehead atoms. The molecule has 0 fully saturated rings. The third-order valence-electron chi connectivity index (χ3n) is 5.70. The number of methoxy groups -OCH3 is 2. The van der Waals surface area contributed by atoms with E-state index in [0.29, 0.717) is 0 Å². The highest BCUT2D eigenvalue weighted by molar-refractivity contribution is 5.70. The second-order valence-corrected chi connectivity index (χ2v) is 8.22. The molecular formula is C24H44O5. The lowest BCUT2D eigenvalue weighted by Gasteiger charge is -2.32. The first-order valence-corrected chi connectivity index (χ1v) is 11.8. The molecule has 0 amide bonds. The zero-order valence-electron chi connectivity index (χ0n) is 19.1. The summed E-state index contributed by atoms with van der Waals surface area (Å²) in [6, 6.07) is 0. The maximum atomic E-state index is 11.3. The van der Waals surface area contributed by atoms with Gasteiger partial charge >= 0.3 is 5.97 Å².